The van der Waals surface area contributed by atoms with Crippen molar-refractivity contribution in [3.63, 3.8) is 0 Å². The summed E-state index contributed by atoms with van der Waals surface area (Å²) in [6, 6.07) is 0.0674. The Balaban J connectivity index is 1.74. The maximum Gasteiger partial charge on any atom is 0.0829 e. The van der Waals surface area contributed by atoms with Gasteiger partial charge in [-0.05, 0) is 60.6 Å². The molecule has 0 aromatic carbocycles. The molecule has 118 valence electrons. The van der Waals surface area contributed by atoms with Crippen LogP contribution in [0.15, 0.2) is 0 Å². The fourth-order valence-corrected chi connectivity index (χ4v) is 5.65. The summed E-state index contributed by atoms with van der Waals surface area (Å²) in [5, 5.41) is 4.29. The third kappa shape index (κ3) is 3.28. The molecule has 0 bridgehead atoms. The van der Waals surface area contributed by atoms with Crippen LogP contribution < -0.4 is 5.73 Å². The van der Waals surface area contributed by atoms with Crippen molar-refractivity contribution in [2.75, 3.05) is 18.1 Å². The number of hydrogen-bond donors (Lipinski definition) is 1. The summed E-state index contributed by atoms with van der Waals surface area (Å²) in [5.41, 5.74) is 7.80. The highest BCUT2D eigenvalue weighted by Gasteiger charge is 2.41. The standard InChI is InChI=1S/C15H25N3OS2/c1-10(2)13-14(21-18-17-13)12(16)11-3-6-19-15(9-11)4-7-20-8-5-15/h10-12H,3-9,16H2,1-2H3. The lowest BCUT2D eigenvalue weighted by atomic mass is 9.78. The van der Waals surface area contributed by atoms with Crippen LogP contribution in [0, 0.1) is 5.92 Å². The Morgan fingerprint density at radius 2 is 2.10 bits per heavy atom. The largest absolute Gasteiger partial charge is 0.375 e. The Kier molecular flexibility index (Phi) is 4.88. The molecule has 0 saturated carbocycles. The minimum Gasteiger partial charge on any atom is -0.375 e. The summed E-state index contributed by atoms with van der Waals surface area (Å²) in [5.74, 6) is 3.34. The minimum atomic E-state index is 0.0674. The van der Waals surface area contributed by atoms with Crippen LogP contribution in [0.1, 0.15) is 62.1 Å². The van der Waals surface area contributed by atoms with Gasteiger partial charge in [-0.25, -0.2) is 0 Å². The molecule has 0 amide bonds. The van der Waals surface area contributed by atoms with Gasteiger partial charge in [0.05, 0.1) is 16.2 Å². The maximum absolute atomic E-state index is 6.61. The monoisotopic (exact) mass is 327 g/mol. The lowest BCUT2D eigenvalue weighted by molar-refractivity contribution is -0.105. The maximum atomic E-state index is 6.61. The van der Waals surface area contributed by atoms with Crippen LogP contribution in [0.4, 0.5) is 0 Å². The average Bonchev–Trinajstić information content (AvgIpc) is 2.97. The summed E-state index contributed by atoms with van der Waals surface area (Å²) in [6.07, 6.45) is 4.52. The molecule has 0 aliphatic carbocycles. The first-order valence-electron chi connectivity index (χ1n) is 7.91. The van der Waals surface area contributed by atoms with E-state index < -0.39 is 0 Å². The van der Waals surface area contributed by atoms with Gasteiger partial charge in [-0.2, -0.15) is 11.8 Å². The second-order valence-electron chi connectivity index (χ2n) is 6.60. The van der Waals surface area contributed by atoms with Gasteiger partial charge in [0.1, 0.15) is 0 Å². The highest BCUT2D eigenvalue weighted by Crippen LogP contribution is 2.44. The molecule has 6 heteroatoms. The topological polar surface area (TPSA) is 61.0 Å². The van der Waals surface area contributed by atoms with Gasteiger partial charge in [0, 0.05) is 12.6 Å². The zero-order valence-electron chi connectivity index (χ0n) is 12.9. The third-order valence-corrected chi connectivity index (χ3v) is 6.66. The normalized spacial score (nSPS) is 27.1. The molecule has 2 aliphatic rings. The van der Waals surface area contributed by atoms with Crippen molar-refractivity contribution < 1.29 is 4.74 Å². The first-order chi connectivity index (χ1) is 10.1. The van der Waals surface area contributed by atoms with Crippen LogP contribution in [0.25, 0.3) is 0 Å². The molecule has 2 atom stereocenters. The molecule has 2 aliphatic heterocycles. The van der Waals surface area contributed by atoms with Crippen molar-refractivity contribution in [1.82, 2.24) is 9.59 Å². The molecule has 2 N–H and O–H groups in total. The quantitative estimate of drug-likeness (QED) is 0.922. The van der Waals surface area contributed by atoms with E-state index in [0.29, 0.717) is 11.8 Å². The average molecular weight is 328 g/mol. The molecule has 2 fully saturated rings. The zero-order valence-corrected chi connectivity index (χ0v) is 14.5. The van der Waals surface area contributed by atoms with Gasteiger partial charge >= 0.3 is 0 Å². The van der Waals surface area contributed by atoms with E-state index in [0.717, 1.165) is 25.1 Å². The Morgan fingerprint density at radius 3 is 2.81 bits per heavy atom. The fourth-order valence-electron chi connectivity index (χ4n) is 3.51. The van der Waals surface area contributed by atoms with Gasteiger partial charge < -0.3 is 10.5 Å². The highest BCUT2D eigenvalue weighted by molar-refractivity contribution is 7.99. The Bertz CT molecular complexity index is 466. The molecular weight excluding hydrogens is 302 g/mol. The number of hydrogen-bond acceptors (Lipinski definition) is 6. The fraction of sp³-hybridized carbons (Fsp3) is 0.867. The number of rotatable bonds is 3. The van der Waals surface area contributed by atoms with E-state index in [-0.39, 0.29) is 11.6 Å². The first-order valence-corrected chi connectivity index (χ1v) is 9.83. The number of thioether (sulfide) groups is 1. The van der Waals surface area contributed by atoms with E-state index in [1.807, 2.05) is 11.8 Å². The summed E-state index contributed by atoms with van der Waals surface area (Å²) < 4.78 is 10.3. The summed E-state index contributed by atoms with van der Waals surface area (Å²) in [6.45, 7) is 5.18. The van der Waals surface area contributed by atoms with Gasteiger partial charge in [0.2, 0.25) is 0 Å². The van der Waals surface area contributed by atoms with Crippen LogP contribution in [0.3, 0.4) is 0 Å². The Labute approximate surface area is 135 Å². The predicted octanol–water partition coefficient (Wildman–Crippen LogP) is 3.35. The van der Waals surface area contributed by atoms with E-state index in [2.05, 4.69) is 23.4 Å². The molecule has 2 unspecified atom stereocenters. The van der Waals surface area contributed by atoms with Crippen molar-refractivity contribution in [1.29, 1.82) is 0 Å². The molecule has 0 radical (unpaired) electrons. The van der Waals surface area contributed by atoms with Crippen LogP contribution in [0.5, 0.6) is 0 Å². The first kappa shape index (κ1) is 15.7. The third-order valence-electron chi connectivity index (χ3n) is 4.83. The molecule has 1 aromatic heterocycles. The zero-order chi connectivity index (χ0) is 14.9. The minimum absolute atomic E-state index is 0.0674. The van der Waals surface area contributed by atoms with Gasteiger partial charge in [-0.1, -0.05) is 18.3 Å². The van der Waals surface area contributed by atoms with Crippen molar-refractivity contribution in [3.8, 4) is 0 Å². The summed E-state index contributed by atoms with van der Waals surface area (Å²) in [7, 11) is 0. The number of nitrogens with two attached hydrogens (primary N) is 1. The predicted molar refractivity (Wildman–Crippen MR) is 88.9 cm³/mol. The number of aromatic nitrogens is 2. The highest BCUT2D eigenvalue weighted by atomic mass is 32.2. The van der Waals surface area contributed by atoms with E-state index in [1.54, 1.807) is 0 Å². The second kappa shape index (κ2) is 6.52. The second-order valence-corrected chi connectivity index (χ2v) is 8.61. The summed E-state index contributed by atoms with van der Waals surface area (Å²) >= 11 is 3.53. The lowest BCUT2D eigenvalue weighted by Gasteiger charge is -2.44. The molecular formula is C15H25N3OS2. The van der Waals surface area contributed by atoms with E-state index in [4.69, 9.17) is 10.5 Å². The lowest BCUT2D eigenvalue weighted by Crippen LogP contribution is -2.45. The SMILES string of the molecule is CC(C)c1nnsc1C(N)C1CCOC2(CCSCC2)C1. The van der Waals surface area contributed by atoms with Crippen molar-refractivity contribution in [2.24, 2.45) is 11.7 Å². The van der Waals surface area contributed by atoms with Crippen LogP contribution in [-0.4, -0.2) is 33.3 Å². The van der Waals surface area contributed by atoms with Crippen LogP contribution >= 0.6 is 23.3 Å². The molecule has 3 heterocycles. The van der Waals surface area contributed by atoms with E-state index >= 15 is 0 Å². The molecule has 21 heavy (non-hydrogen) atoms. The van der Waals surface area contributed by atoms with Gasteiger partial charge in [-0.3, -0.25) is 0 Å². The van der Waals surface area contributed by atoms with Gasteiger partial charge in [0.15, 0.2) is 0 Å². The molecule has 3 rings (SSSR count). The van der Waals surface area contributed by atoms with E-state index in [1.165, 1.54) is 40.8 Å². The van der Waals surface area contributed by atoms with Gasteiger partial charge in [-0.15, -0.1) is 5.10 Å². The molecule has 2 saturated heterocycles. The molecule has 4 nitrogen and oxygen atoms in total. The van der Waals surface area contributed by atoms with Crippen molar-refractivity contribution >= 4 is 23.3 Å². The Hall–Kier alpha value is -0.170. The smallest absolute Gasteiger partial charge is 0.0829 e. The van der Waals surface area contributed by atoms with Gasteiger partial charge in [0.25, 0.3) is 0 Å². The van der Waals surface area contributed by atoms with Crippen molar-refractivity contribution in [3.05, 3.63) is 10.6 Å². The molecule has 1 spiro atoms. The van der Waals surface area contributed by atoms with E-state index in [9.17, 15) is 0 Å². The Morgan fingerprint density at radius 1 is 1.33 bits per heavy atom. The number of ether oxygens (including phenoxy) is 1. The van der Waals surface area contributed by atoms with Crippen LogP contribution in [0.2, 0.25) is 0 Å². The summed E-state index contributed by atoms with van der Waals surface area (Å²) in [4.78, 5) is 1.19. The van der Waals surface area contributed by atoms with Crippen molar-refractivity contribution in [2.45, 2.75) is 57.1 Å². The number of nitrogens with zero attached hydrogens (tertiary/aromatic N) is 2. The van der Waals surface area contributed by atoms with Crippen LogP contribution in [-0.2, 0) is 4.74 Å². The molecule has 1 aromatic rings.